The fourth-order valence-corrected chi connectivity index (χ4v) is 2.50. The van der Waals surface area contributed by atoms with Crippen molar-refractivity contribution in [1.82, 2.24) is 15.0 Å². The molecule has 0 radical (unpaired) electrons. The molecule has 3 heterocycles. The third-order valence-corrected chi connectivity index (χ3v) is 3.72. The molecule has 0 spiro atoms. The van der Waals surface area contributed by atoms with Crippen LogP contribution in [0.5, 0.6) is 0 Å². The maximum Gasteiger partial charge on any atom is 0.180 e. The zero-order chi connectivity index (χ0) is 12.4. The third-order valence-electron chi connectivity index (χ3n) is 2.67. The van der Waals surface area contributed by atoms with Gasteiger partial charge in [-0.1, -0.05) is 6.07 Å². The van der Waals surface area contributed by atoms with Crippen LogP contribution < -0.4 is 5.32 Å². The molecule has 3 rings (SSSR count). The summed E-state index contributed by atoms with van der Waals surface area (Å²) in [4.78, 5) is 14.1. The molecule has 0 aliphatic heterocycles. The lowest BCUT2D eigenvalue weighted by atomic mass is 10.2. The van der Waals surface area contributed by atoms with Gasteiger partial charge in [-0.15, -0.1) is 11.3 Å². The van der Waals surface area contributed by atoms with Crippen LogP contribution >= 0.6 is 11.3 Å². The molecule has 3 aromatic heterocycles. The van der Waals surface area contributed by atoms with Crippen molar-refractivity contribution in [2.75, 3.05) is 5.32 Å². The van der Waals surface area contributed by atoms with E-state index in [4.69, 9.17) is 0 Å². The van der Waals surface area contributed by atoms with Crippen molar-refractivity contribution in [2.24, 2.45) is 0 Å². The lowest BCUT2D eigenvalue weighted by Gasteiger charge is -2.12. The number of pyridine rings is 1. The van der Waals surface area contributed by atoms with E-state index in [1.807, 2.05) is 12.1 Å². The van der Waals surface area contributed by atoms with Gasteiger partial charge in [-0.25, -0.2) is 9.97 Å². The van der Waals surface area contributed by atoms with Gasteiger partial charge in [0.25, 0.3) is 0 Å². The summed E-state index contributed by atoms with van der Waals surface area (Å²) in [6.45, 7) is 2.12. The van der Waals surface area contributed by atoms with Crippen LogP contribution in [-0.4, -0.2) is 15.0 Å². The molecule has 0 bridgehead atoms. The maximum atomic E-state index is 4.44. The van der Waals surface area contributed by atoms with Crippen LogP contribution in [0.2, 0.25) is 0 Å². The fraction of sp³-hybridized carbons (Fsp3) is 0.154. The summed E-state index contributed by atoms with van der Waals surface area (Å²) in [6.07, 6.45) is 3.33. The van der Waals surface area contributed by atoms with Crippen LogP contribution in [-0.2, 0) is 0 Å². The topological polar surface area (TPSA) is 50.7 Å². The van der Waals surface area contributed by atoms with Crippen LogP contribution in [0, 0.1) is 0 Å². The van der Waals surface area contributed by atoms with E-state index in [0.717, 1.165) is 11.3 Å². The molecule has 0 aromatic carbocycles. The molecule has 0 amide bonds. The van der Waals surface area contributed by atoms with E-state index in [1.54, 1.807) is 23.7 Å². The van der Waals surface area contributed by atoms with E-state index in [9.17, 15) is 0 Å². The second-order valence-corrected chi connectivity index (χ2v) is 4.96. The summed E-state index contributed by atoms with van der Waals surface area (Å²) in [5, 5.41) is 5.44. The molecule has 18 heavy (non-hydrogen) atoms. The first-order valence-electron chi connectivity index (χ1n) is 5.70. The summed E-state index contributed by atoms with van der Waals surface area (Å²) < 4.78 is 0. The van der Waals surface area contributed by atoms with Crippen molar-refractivity contribution < 1.29 is 0 Å². The van der Waals surface area contributed by atoms with Crippen molar-refractivity contribution in [3.63, 3.8) is 0 Å². The highest BCUT2D eigenvalue weighted by atomic mass is 32.1. The Bertz CT molecular complexity index is 651. The first-order chi connectivity index (χ1) is 8.83. The molecule has 1 N–H and O–H groups in total. The van der Waals surface area contributed by atoms with Gasteiger partial charge in [0.1, 0.15) is 11.3 Å². The monoisotopic (exact) mass is 256 g/mol. The molecular formula is C13H12N4S. The summed E-state index contributed by atoms with van der Waals surface area (Å²) in [5.41, 5.74) is 1.48. The first-order valence-corrected chi connectivity index (χ1v) is 6.58. The number of rotatable bonds is 3. The van der Waals surface area contributed by atoms with E-state index < -0.39 is 0 Å². The Balaban J connectivity index is 1.86. The maximum absolute atomic E-state index is 4.44. The van der Waals surface area contributed by atoms with Crippen LogP contribution in [0.25, 0.3) is 11.2 Å². The Kier molecular flexibility index (Phi) is 2.90. The van der Waals surface area contributed by atoms with Crippen LogP contribution in [0.3, 0.4) is 0 Å². The SMILES string of the molecule is CC(Nc1ccc2nccnc2n1)c1cccs1. The largest absolute Gasteiger partial charge is 0.363 e. The van der Waals surface area contributed by atoms with Crippen LogP contribution in [0.15, 0.2) is 42.0 Å². The van der Waals surface area contributed by atoms with Gasteiger partial charge in [-0.2, -0.15) is 0 Å². The molecule has 4 nitrogen and oxygen atoms in total. The Morgan fingerprint density at radius 1 is 1.17 bits per heavy atom. The highest BCUT2D eigenvalue weighted by molar-refractivity contribution is 7.10. The zero-order valence-electron chi connectivity index (χ0n) is 9.87. The zero-order valence-corrected chi connectivity index (χ0v) is 10.7. The molecule has 1 unspecified atom stereocenters. The van der Waals surface area contributed by atoms with Gasteiger partial charge in [-0.05, 0) is 30.5 Å². The summed E-state index contributed by atoms with van der Waals surface area (Å²) >= 11 is 1.74. The smallest absolute Gasteiger partial charge is 0.180 e. The molecule has 0 aliphatic carbocycles. The van der Waals surface area contributed by atoms with Crippen molar-refractivity contribution >= 4 is 28.3 Å². The van der Waals surface area contributed by atoms with Gasteiger partial charge in [0.2, 0.25) is 0 Å². The number of nitrogens with one attached hydrogen (secondary N) is 1. The molecule has 0 fully saturated rings. The van der Waals surface area contributed by atoms with Crippen molar-refractivity contribution in [3.8, 4) is 0 Å². The lowest BCUT2D eigenvalue weighted by molar-refractivity contribution is 0.898. The number of aromatic nitrogens is 3. The van der Waals surface area contributed by atoms with E-state index >= 15 is 0 Å². The molecule has 90 valence electrons. The van der Waals surface area contributed by atoms with Gasteiger partial charge < -0.3 is 5.32 Å². The van der Waals surface area contributed by atoms with E-state index in [1.165, 1.54) is 4.88 Å². The van der Waals surface area contributed by atoms with Gasteiger partial charge in [0, 0.05) is 17.3 Å². The quantitative estimate of drug-likeness (QED) is 0.781. The molecule has 3 aromatic rings. The Hall–Kier alpha value is -2.01. The van der Waals surface area contributed by atoms with Gasteiger partial charge in [0.05, 0.1) is 6.04 Å². The molecule has 0 saturated carbocycles. The highest BCUT2D eigenvalue weighted by Gasteiger charge is 2.07. The van der Waals surface area contributed by atoms with E-state index in [2.05, 4.69) is 44.7 Å². The Labute approximate surface area is 109 Å². The number of anilines is 1. The number of thiophene rings is 1. The molecule has 5 heteroatoms. The van der Waals surface area contributed by atoms with Gasteiger partial charge >= 0.3 is 0 Å². The average Bonchev–Trinajstić information content (AvgIpc) is 2.92. The average molecular weight is 256 g/mol. The second-order valence-electron chi connectivity index (χ2n) is 3.98. The first kappa shape index (κ1) is 11.1. The minimum atomic E-state index is 0.242. The molecule has 0 aliphatic rings. The third kappa shape index (κ3) is 2.17. The molecule has 0 saturated heterocycles. The number of fused-ring (bicyclic) bond motifs is 1. The van der Waals surface area contributed by atoms with Crippen molar-refractivity contribution in [3.05, 3.63) is 46.9 Å². The van der Waals surface area contributed by atoms with Crippen LogP contribution in [0.4, 0.5) is 5.82 Å². The van der Waals surface area contributed by atoms with Gasteiger partial charge in [-0.3, -0.25) is 4.98 Å². The lowest BCUT2D eigenvalue weighted by Crippen LogP contribution is -2.06. The molecule has 1 atom stereocenters. The minimum absolute atomic E-state index is 0.242. The number of nitrogens with zero attached hydrogens (tertiary/aromatic N) is 3. The predicted molar refractivity (Wildman–Crippen MR) is 73.7 cm³/mol. The fourth-order valence-electron chi connectivity index (χ4n) is 1.77. The van der Waals surface area contributed by atoms with E-state index in [0.29, 0.717) is 5.65 Å². The summed E-state index contributed by atoms with van der Waals surface area (Å²) in [6, 6.07) is 8.27. The van der Waals surface area contributed by atoms with E-state index in [-0.39, 0.29) is 6.04 Å². The summed E-state index contributed by atoms with van der Waals surface area (Å²) in [7, 11) is 0. The minimum Gasteiger partial charge on any atom is -0.363 e. The number of hydrogen-bond donors (Lipinski definition) is 1. The van der Waals surface area contributed by atoms with Gasteiger partial charge in [0.15, 0.2) is 5.65 Å². The van der Waals surface area contributed by atoms with Crippen LogP contribution in [0.1, 0.15) is 17.8 Å². The molecular weight excluding hydrogens is 244 g/mol. The normalized spacial score (nSPS) is 12.5. The van der Waals surface area contributed by atoms with Crippen molar-refractivity contribution in [1.29, 1.82) is 0 Å². The van der Waals surface area contributed by atoms with Crippen molar-refractivity contribution in [2.45, 2.75) is 13.0 Å². The number of hydrogen-bond acceptors (Lipinski definition) is 5. The second kappa shape index (κ2) is 4.70. The predicted octanol–water partition coefficient (Wildman–Crippen LogP) is 3.26. The Morgan fingerprint density at radius 2 is 2.06 bits per heavy atom. The standard InChI is InChI=1S/C13H12N4S/c1-9(11-3-2-8-18-11)16-12-5-4-10-13(17-12)15-7-6-14-10/h2-9H,1H3,(H,15,16,17). The highest BCUT2D eigenvalue weighted by Crippen LogP contribution is 2.22. The Morgan fingerprint density at radius 3 is 2.89 bits per heavy atom. The summed E-state index contributed by atoms with van der Waals surface area (Å²) in [5.74, 6) is 0.823.